The van der Waals surface area contributed by atoms with E-state index in [0.717, 1.165) is 6.54 Å². The summed E-state index contributed by atoms with van der Waals surface area (Å²) >= 11 is 0. The van der Waals surface area contributed by atoms with Crippen LogP contribution in [0.3, 0.4) is 0 Å². The molecule has 1 atom stereocenters. The van der Waals surface area contributed by atoms with Crippen molar-refractivity contribution in [2.75, 3.05) is 26.8 Å². The first-order valence-electron chi connectivity index (χ1n) is 7.65. The first-order valence-corrected chi connectivity index (χ1v) is 7.65. The Bertz CT molecular complexity index is 786. The first-order chi connectivity index (χ1) is 11.1. The monoisotopic (exact) mass is 316 g/mol. The van der Waals surface area contributed by atoms with Gasteiger partial charge in [0.05, 0.1) is 25.3 Å². The van der Waals surface area contributed by atoms with Gasteiger partial charge in [0.15, 0.2) is 5.69 Å². The van der Waals surface area contributed by atoms with E-state index < -0.39 is 0 Å². The third-order valence-electron chi connectivity index (χ3n) is 4.13. The van der Waals surface area contributed by atoms with Crippen LogP contribution in [0.4, 0.5) is 0 Å². The van der Waals surface area contributed by atoms with Crippen LogP contribution < -0.4 is 10.9 Å². The van der Waals surface area contributed by atoms with Crippen LogP contribution in [0.5, 0.6) is 0 Å². The molecule has 7 nitrogen and oxygen atoms in total. The van der Waals surface area contributed by atoms with Crippen molar-refractivity contribution in [3.8, 4) is 0 Å². The molecule has 1 saturated heterocycles. The molecular formula is C16H20N4O3. The maximum atomic E-state index is 12.7. The number of nitrogens with zero attached hydrogens (tertiary/aromatic N) is 3. The zero-order valence-corrected chi connectivity index (χ0v) is 13.3. The van der Waals surface area contributed by atoms with Crippen LogP contribution in [0.2, 0.25) is 0 Å². The highest BCUT2D eigenvalue weighted by atomic mass is 16.5. The molecular weight excluding hydrogens is 296 g/mol. The van der Waals surface area contributed by atoms with Crippen molar-refractivity contribution < 1.29 is 9.53 Å². The molecule has 1 aliphatic heterocycles. The molecule has 1 fully saturated rings. The number of amides is 1. The number of morpholine rings is 1. The Kier molecular flexibility index (Phi) is 4.40. The van der Waals surface area contributed by atoms with Crippen LogP contribution in [0.15, 0.2) is 29.1 Å². The van der Waals surface area contributed by atoms with Gasteiger partial charge in [-0.1, -0.05) is 18.2 Å². The average Bonchev–Trinajstić information content (AvgIpc) is 2.58. The maximum Gasteiger partial charge on any atom is 0.275 e. The van der Waals surface area contributed by atoms with E-state index in [-0.39, 0.29) is 23.2 Å². The molecule has 2 heterocycles. The van der Waals surface area contributed by atoms with Gasteiger partial charge in [0.1, 0.15) is 0 Å². The van der Waals surface area contributed by atoms with Gasteiger partial charge < -0.3 is 10.1 Å². The summed E-state index contributed by atoms with van der Waals surface area (Å²) in [5.74, 6) is -0.301. The summed E-state index contributed by atoms with van der Waals surface area (Å²) in [4.78, 5) is 26.9. The lowest BCUT2D eigenvalue weighted by molar-refractivity contribution is -0.0180. The van der Waals surface area contributed by atoms with Crippen LogP contribution in [0.1, 0.15) is 17.4 Å². The van der Waals surface area contributed by atoms with Crippen LogP contribution in [-0.4, -0.2) is 53.4 Å². The van der Waals surface area contributed by atoms with Crippen molar-refractivity contribution >= 4 is 16.7 Å². The Labute approximate surface area is 133 Å². The minimum Gasteiger partial charge on any atom is -0.379 e. The molecule has 0 bridgehead atoms. The SMILES string of the molecule is CNC(=O)c1nn(CN2CCOCC2C)c(=O)c2ccccc12. The lowest BCUT2D eigenvalue weighted by Gasteiger charge is -2.33. The summed E-state index contributed by atoms with van der Waals surface area (Å²) in [5, 5.41) is 7.97. The number of hydrogen-bond acceptors (Lipinski definition) is 5. The van der Waals surface area contributed by atoms with Crippen LogP contribution in [0, 0.1) is 0 Å². The number of hydrogen-bond donors (Lipinski definition) is 1. The summed E-state index contributed by atoms with van der Waals surface area (Å²) in [6.45, 7) is 4.39. The maximum absolute atomic E-state index is 12.7. The molecule has 3 rings (SSSR count). The topological polar surface area (TPSA) is 76.5 Å². The number of benzene rings is 1. The molecule has 0 saturated carbocycles. The Morgan fingerprint density at radius 2 is 2.13 bits per heavy atom. The lowest BCUT2D eigenvalue weighted by atomic mass is 10.1. The number of fused-ring (bicyclic) bond motifs is 1. The summed E-state index contributed by atoms with van der Waals surface area (Å²) in [6, 6.07) is 7.26. The highest BCUT2D eigenvalue weighted by molar-refractivity contribution is 6.04. The lowest BCUT2D eigenvalue weighted by Crippen LogP contribution is -2.46. The van der Waals surface area contributed by atoms with Crippen molar-refractivity contribution in [1.82, 2.24) is 20.0 Å². The summed E-state index contributed by atoms with van der Waals surface area (Å²) in [7, 11) is 1.55. The molecule has 0 spiro atoms. The minimum atomic E-state index is -0.301. The molecule has 122 valence electrons. The Morgan fingerprint density at radius 3 is 2.83 bits per heavy atom. The van der Waals surface area contributed by atoms with Crippen LogP contribution >= 0.6 is 0 Å². The van der Waals surface area contributed by atoms with Crippen LogP contribution in [-0.2, 0) is 11.4 Å². The van der Waals surface area contributed by atoms with Crippen molar-refractivity contribution in [2.45, 2.75) is 19.6 Å². The molecule has 0 aliphatic carbocycles. The van der Waals surface area contributed by atoms with E-state index in [4.69, 9.17) is 4.74 Å². The first kappa shape index (κ1) is 15.6. The summed E-state index contributed by atoms with van der Waals surface area (Å²) in [5.41, 5.74) is 0.0792. The Hall–Kier alpha value is -2.25. The van der Waals surface area contributed by atoms with Gasteiger partial charge in [-0.2, -0.15) is 5.10 Å². The zero-order valence-electron chi connectivity index (χ0n) is 13.3. The number of nitrogens with one attached hydrogen (secondary N) is 1. The average molecular weight is 316 g/mol. The fourth-order valence-electron chi connectivity index (χ4n) is 2.76. The zero-order chi connectivity index (χ0) is 16.4. The molecule has 1 unspecified atom stereocenters. The van der Waals surface area contributed by atoms with Gasteiger partial charge in [-0.15, -0.1) is 0 Å². The van der Waals surface area contributed by atoms with Crippen LogP contribution in [0.25, 0.3) is 10.8 Å². The van der Waals surface area contributed by atoms with Gasteiger partial charge in [-0.25, -0.2) is 4.68 Å². The second kappa shape index (κ2) is 6.47. The molecule has 1 amide bonds. The highest BCUT2D eigenvalue weighted by Crippen LogP contribution is 2.14. The largest absolute Gasteiger partial charge is 0.379 e. The summed E-state index contributed by atoms with van der Waals surface area (Å²) in [6.07, 6.45) is 0. The van der Waals surface area contributed by atoms with E-state index in [1.807, 2.05) is 6.92 Å². The predicted molar refractivity (Wildman–Crippen MR) is 86.4 cm³/mol. The van der Waals surface area contributed by atoms with E-state index in [9.17, 15) is 9.59 Å². The number of carbonyl (C=O) groups is 1. The van der Waals surface area contributed by atoms with E-state index in [1.54, 1.807) is 31.3 Å². The van der Waals surface area contributed by atoms with E-state index >= 15 is 0 Å². The number of aromatic nitrogens is 2. The van der Waals surface area contributed by atoms with E-state index in [0.29, 0.717) is 30.7 Å². The standard InChI is InChI=1S/C16H20N4O3/c1-11-9-23-8-7-19(11)10-20-16(22)13-6-4-3-5-12(13)14(18-20)15(21)17-2/h3-6,11H,7-10H2,1-2H3,(H,17,21). The molecule has 0 radical (unpaired) electrons. The quantitative estimate of drug-likeness (QED) is 0.889. The van der Waals surface area contributed by atoms with Gasteiger partial charge in [0, 0.05) is 25.0 Å². The van der Waals surface area contributed by atoms with E-state index in [2.05, 4.69) is 15.3 Å². The van der Waals surface area contributed by atoms with Crippen molar-refractivity contribution in [1.29, 1.82) is 0 Å². The van der Waals surface area contributed by atoms with Crippen molar-refractivity contribution in [3.05, 3.63) is 40.3 Å². The minimum absolute atomic E-state index is 0.188. The predicted octanol–water partition coefficient (Wildman–Crippen LogP) is 0.434. The molecule has 1 aliphatic rings. The fourth-order valence-corrected chi connectivity index (χ4v) is 2.76. The molecule has 1 N–H and O–H groups in total. The molecule has 23 heavy (non-hydrogen) atoms. The second-order valence-electron chi connectivity index (χ2n) is 5.66. The number of rotatable bonds is 3. The number of carbonyl (C=O) groups excluding carboxylic acids is 1. The van der Waals surface area contributed by atoms with Gasteiger partial charge >= 0.3 is 0 Å². The highest BCUT2D eigenvalue weighted by Gasteiger charge is 2.21. The molecule has 1 aromatic carbocycles. The van der Waals surface area contributed by atoms with Gasteiger partial charge in [0.2, 0.25) is 0 Å². The third-order valence-corrected chi connectivity index (χ3v) is 4.13. The van der Waals surface area contributed by atoms with Gasteiger partial charge in [0.25, 0.3) is 11.5 Å². The molecule has 2 aromatic rings. The smallest absolute Gasteiger partial charge is 0.275 e. The fraction of sp³-hybridized carbons (Fsp3) is 0.438. The van der Waals surface area contributed by atoms with Crippen molar-refractivity contribution in [2.24, 2.45) is 0 Å². The Balaban J connectivity index is 2.08. The number of ether oxygens (including phenoxy) is 1. The van der Waals surface area contributed by atoms with Crippen molar-refractivity contribution in [3.63, 3.8) is 0 Å². The van der Waals surface area contributed by atoms with E-state index in [1.165, 1.54) is 4.68 Å². The summed E-state index contributed by atoms with van der Waals surface area (Å²) < 4.78 is 6.79. The van der Waals surface area contributed by atoms with Gasteiger partial charge in [-0.05, 0) is 13.0 Å². The third kappa shape index (κ3) is 2.97. The van der Waals surface area contributed by atoms with Gasteiger partial charge in [-0.3, -0.25) is 14.5 Å². The Morgan fingerprint density at radius 1 is 1.39 bits per heavy atom. The molecule has 1 aromatic heterocycles. The normalized spacial score (nSPS) is 19.0. The molecule has 7 heteroatoms. The second-order valence-corrected chi connectivity index (χ2v) is 5.66.